The lowest BCUT2D eigenvalue weighted by Crippen LogP contribution is -2.52. The van der Waals surface area contributed by atoms with Gasteiger partial charge in [0.15, 0.2) is 0 Å². The Morgan fingerprint density at radius 1 is 1.43 bits per heavy atom. The zero-order valence-corrected chi connectivity index (χ0v) is 13.0. The number of nitrogens with zero attached hydrogens (tertiary/aromatic N) is 2. The smallest absolute Gasteiger partial charge is 0.270 e. The summed E-state index contributed by atoms with van der Waals surface area (Å²) in [7, 11) is 0. The summed E-state index contributed by atoms with van der Waals surface area (Å²) in [4.78, 5) is 36.1. The number of morpholine rings is 1. The number of amides is 2. The van der Waals surface area contributed by atoms with Gasteiger partial charge in [-0.05, 0) is 19.9 Å². The fraction of sp³-hybridized carbons (Fsp3) is 0.467. The Hall–Kier alpha value is -2.48. The van der Waals surface area contributed by atoms with Crippen LogP contribution in [0.4, 0.5) is 5.69 Å². The average molecular weight is 321 g/mol. The Morgan fingerprint density at radius 2 is 2.17 bits per heavy atom. The maximum Gasteiger partial charge on any atom is 0.270 e. The van der Waals surface area contributed by atoms with Crippen LogP contribution in [0.3, 0.4) is 0 Å². The van der Waals surface area contributed by atoms with Crippen LogP contribution in [0.2, 0.25) is 0 Å². The molecule has 2 atom stereocenters. The zero-order valence-electron chi connectivity index (χ0n) is 13.0. The summed E-state index contributed by atoms with van der Waals surface area (Å²) >= 11 is 0. The van der Waals surface area contributed by atoms with E-state index in [-0.39, 0.29) is 35.8 Å². The number of rotatable bonds is 4. The van der Waals surface area contributed by atoms with E-state index in [1.54, 1.807) is 4.90 Å². The van der Waals surface area contributed by atoms with Crippen LogP contribution in [0.1, 0.15) is 24.2 Å². The summed E-state index contributed by atoms with van der Waals surface area (Å²) < 4.78 is 5.46. The number of carbonyl (C=O) groups excluding carboxylic acids is 2. The van der Waals surface area contributed by atoms with Gasteiger partial charge in [-0.25, -0.2) is 0 Å². The normalized spacial score (nSPS) is 20.9. The van der Waals surface area contributed by atoms with E-state index in [1.165, 1.54) is 24.3 Å². The molecule has 124 valence electrons. The number of benzene rings is 1. The molecule has 1 aliphatic rings. The fourth-order valence-electron chi connectivity index (χ4n) is 2.37. The number of ether oxygens (including phenoxy) is 1. The summed E-state index contributed by atoms with van der Waals surface area (Å²) in [5, 5.41) is 13.2. The summed E-state index contributed by atoms with van der Waals surface area (Å²) in [6.45, 7) is 4.55. The molecule has 1 aromatic carbocycles. The van der Waals surface area contributed by atoms with Crippen LogP contribution in [0.15, 0.2) is 24.3 Å². The Bertz CT molecular complexity index is 619. The van der Waals surface area contributed by atoms with Crippen LogP contribution in [0, 0.1) is 10.1 Å². The Morgan fingerprint density at radius 3 is 2.87 bits per heavy atom. The van der Waals surface area contributed by atoms with Crippen molar-refractivity contribution in [3.8, 4) is 0 Å². The minimum Gasteiger partial charge on any atom is -0.375 e. The molecule has 23 heavy (non-hydrogen) atoms. The van der Waals surface area contributed by atoms with E-state index in [9.17, 15) is 19.7 Å². The molecule has 1 fully saturated rings. The standard InChI is InChI=1S/C15H19N3O5/c1-10-9-23-11(2)8-17(10)14(19)7-16-15(20)12-4-3-5-13(6-12)18(21)22/h3-6,10-11H,7-9H2,1-2H3,(H,16,20). The van der Waals surface area contributed by atoms with Gasteiger partial charge in [-0.15, -0.1) is 0 Å². The third kappa shape index (κ3) is 4.26. The minimum absolute atomic E-state index is 0.0392. The molecule has 0 spiro atoms. The molecule has 0 radical (unpaired) electrons. The molecular weight excluding hydrogens is 302 g/mol. The van der Waals surface area contributed by atoms with Crippen molar-refractivity contribution in [2.24, 2.45) is 0 Å². The zero-order chi connectivity index (χ0) is 17.0. The van der Waals surface area contributed by atoms with Gasteiger partial charge in [-0.2, -0.15) is 0 Å². The molecule has 0 aliphatic carbocycles. The van der Waals surface area contributed by atoms with Crippen molar-refractivity contribution in [3.63, 3.8) is 0 Å². The summed E-state index contributed by atoms with van der Waals surface area (Å²) in [6.07, 6.45) is -0.0392. The van der Waals surface area contributed by atoms with Crippen molar-refractivity contribution in [1.29, 1.82) is 0 Å². The number of hydrogen-bond acceptors (Lipinski definition) is 5. The first-order chi connectivity index (χ1) is 10.9. The predicted molar refractivity (Wildman–Crippen MR) is 82.0 cm³/mol. The number of nitro benzene ring substituents is 1. The number of carbonyl (C=O) groups is 2. The van der Waals surface area contributed by atoms with E-state index in [0.717, 1.165) is 0 Å². The number of nitrogens with one attached hydrogen (secondary N) is 1. The van der Waals surface area contributed by atoms with Crippen LogP contribution in [-0.2, 0) is 9.53 Å². The number of non-ortho nitro benzene ring substituents is 1. The highest BCUT2D eigenvalue weighted by atomic mass is 16.6. The SMILES string of the molecule is CC1CN(C(=O)CNC(=O)c2cccc([N+](=O)[O-])c2)C(C)CO1. The summed E-state index contributed by atoms with van der Waals surface area (Å²) in [5.74, 6) is -0.720. The largest absolute Gasteiger partial charge is 0.375 e. The Balaban J connectivity index is 1.94. The maximum absolute atomic E-state index is 12.2. The molecule has 0 saturated carbocycles. The molecule has 1 N–H and O–H groups in total. The monoisotopic (exact) mass is 321 g/mol. The van der Waals surface area contributed by atoms with Gasteiger partial charge in [-0.3, -0.25) is 19.7 Å². The van der Waals surface area contributed by atoms with Gasteiger partial charge >= 0.3 is 0 Å². The molecule has 1 heterocycles. The fourth-order valence-corrected chi connectivity index (χ4v) is 2.37. The Labute approximate surface area is 133 Å². The van der Waals surface area contributed by atoms with E-state index < -0.39 is 10.8 Å². The molecule has 2 amide bonds. The molecule has 8 nitrogen and oxygen atoms in total. The summed E-state index contributed by atoms with van der Waals surface area (Å²) in [6, 6.07) is 5.33. The molecular formula is C15H19N3O5. The Kier molecular flexibility index (Phi) is 5.28. The van der Waals surface area contributed by atoms with Crippen molar-refractivity contribution in [2.45, 2.75) is 26.0 Å². The second-order valence-corrected chi connectivity index (χ2v) is 5.53. The van der Waals surface area contributed by atoms with E-state index >= 15 is 0 Å². The lowest BCUT2D eigenvalue weighted by Gasteiger charge is -2.36. The van der Waals surface area contributed by atoms with Gasteiger partial charge < -0.3 is 15.0 Å². The third-order valence-electron chi connectivity index (χ3n) is 3.65. The molecule has 2 unspecified atom stereocenters. The van der Waals surface area contributed by atoms with Crippen LogP contribution >= 0.6 is 0 Å². The second kappa shape index (κ2) is 7.19. The highest BCUT2D eigenvalue weighted by Gasteiger charge is 2.27. The second-order valence-electron chi connectivity index (χ2n) is 5.53. The molecule has 1 aliphatic heterocycles. The van der Waals surface area contributed by atoms with Crippen molar-refractivity contribution in [3.05, 3.63) is 39.9 Å². The van der Waals surface area contributed by atoms with Crippen LogP contribution in [0.5, 0.6) is 0 Å². The van der Waals surface area contributed by atoms with Gasteiger partial charge in [0.2, 0.25) is 5.91 Å². The van der Waals surface area contributed by atoms with Gasteiger partial charge in [-0.1, -0.05) is 6.07 Å². The quantitative estimate of drug-likeness (QED) is 0.657. The van der Waals surface area contributed by atoms with Gasteiger partial charge in [0.05, 0.1) is 30.2 Å². The lowest BCUT2D eigenvalue weighted by molar-refractivity contribution is -0.384. The molecule has 2 rings (SSSR count). The highest BCUT2D eigenvalue weighted by molar-refractivity contribution is 5.97. The molecule has 1 aromatic rings. The van der Waals surface area contributed by atoms with Crippen molar-refractivity contribution in [2.75, 3.05) is 19.7 Å². The van der Waals surface area contributed by atoms with Crippen molar-refractivity contribution in [1.82, 2.24) is 10.2 Å². The number of hydrogen-bond donors (Lipinski definition) is 1. The maximum atomic E-state index is 12.2. The van der Waals surface area contributed by atoms with E-state index in [0.29, 0.717) is 13.2 Å². The van der Waals surface area contributed by atoms with Gasteiger partial charge in [0, 0.05) is 24.2 Å². The third-order valence-corrected chi connectivity index (χ3v) is 3.65. The highest BCUT2D eigenvalue weighted by Crippen LogP contribution is 2.13. The topological polar surface area (TPSA) is 102 Å². The first-order valence-corrected chi connectivity index (χ1v) is 7.32. The van der Waals surface area contributed by atoms with E-state index in [1.807, 2.05) is 13.8 Å². The van der Waals surface area contributed by atoms with Crippen LogP contribution in [-0.4, -0.2) is 53.5 Å². The van der Waals surface area contributed by atoms with Crippen molar-refractivity contribution < 1.29 is 19.2 Å². The molecule has 8 heteroatoms. The molecule has 0 bridgehead atoms. The predicted octanol–water partition coefficient (Wildman–Crippen LogP) is 0.960. The first-order valence-electron chi connectivity index (χ1n) is 7.32. The summed E-state index contributed by atoms with van der Waals surface area (Å²) in [5.41, 5.74) is -0.0185. The van der Waals surface area contributed by atoms with E-state index in [2.05, 4.69) is 5.32 Å². The van der Waals surface area contributed by atoms with Crippen LogP contribution < -0.4 is 5.32 Å². The minimum atomic E-state index is -0.571. The van der Waals surface area contributed by atoms with E-state index in [4.69, 9.17) is 4.74 Å². The van der Waals surface area contributed by atoms with Gasteiger partial charge in [0.25, 0.3) is 11.6 Å². The lowest BCUT2D eigenvalue weighted by atomic mass is 10.2. The molecule has 0 aromatic heterocycles. The van der Waals surface area contributed by atoms with Crippen molar-refractivity contribution >= 4 is 17.5 Å². The van der Waals surface area contributed by atoms with Crippen LogP contribution in [0.25, 0.3) is 0 Å². The average Bonchev–Trinajstić information content (AvgIpc) is 2.54. The molecule has 1 saturated heterocycles. The van der Waals surface area contributed by atoms with Gasteiger partial charge in [0.1, 0.15) is 0 Å². The first kappa shape index (κ1) is 16.9. The number of nitro groups is 1.